The standard InChI is InChI=1S/C9H18N5O2.F6P/c1-15-7-5-13-3-4-14(6-8-16-2)9(13)11-12-10;1-7(2,3,4,5)6/h3-8H2,1-2H3;/q+1;-1. The Bertz CT molecular complexity index is 464. The molecule has 0 N–H and O–H groups in total. The molecule has 0 bridgehead atoms. The molecular weight excluding hydrogens is 355 g/mol. The zero-order chi connectivity index (χ0) is 18.2. The van der Waals surface area contributed by atoms with Crippen LogP contribution in [0.1, 0.15) is 0 Å². The van der Waals surface area contributed by atoms with Crippen molar-refractivity contribution in [2.24, 2.45) is 5.11 Å². The number of hydrogen-bond donors (Lipinski definition) is 0. The molecule has 0 atom stereocenters. The van der Waals surface area contributed by atoms with Gasteiger partial charge in [-0.1, -0.05) is 0 Å². The molecule has 0 aromatic heterocycles. The summed E-state index contributed by atoms with van der Waals surface area (Å²) in [6.07, 6.45) is 0. The Hall–Kier alpha value is -1.29. The topological polar surface area (TPSA) is 73.5 Å². The molecule has 0 aromatic rings. The van der Waals surface area contributed by atoms with Crippen molar-refractivity contribution in [1.29, 1.82) is 0 Å². The average molecular weight is 373 g/mol. The van der Waals surface area contributed by atoms with Crippen LogP contribution < -0.4 is 0 Å². The summed E-state index contributed by atoms with van der Waals surface area (Å²) < 4.78 is 71.2. The second-order valence-electron chi connectivity index (χ2n) is 4.41. The molecule has 0 spiro atoms. The third-order valence-corrected chi connectivity index (χ3v) is 2.47. The van der Waals surface area contributed by atoms with Gasteiger partial charge in [-0.2, -0.15) is 0 Å². The van der Waals surface area contributed by atoms with Crippen molar-refractivity contribution in [2.45, 2.75) is 0 Å². The van der Waals surface area contributed by atoms with E-state index in [1.807, 2.05) is 9.48 Å². The summed E-state index contributed by atoms with van der Waals surface area (Å²) in [5.74, 6) is 0.677. The monoisotopic (exact) mass is 373 g/mol. The number of azide groups is 1. The fraction of sp³-hybridized carbons (Fsp3) is 0.889. The van der Waals surface area contributed by atoms with E-state index in [9.17, 15) is 25.2 Å². The Morgan fingerprint density at radius 1 is 1.17 bits per heavy atom. The molecule has 0 unspecified atom stereocenters. The average Bonchev–Trinajstić information content (AvgIpc) is 2.73. The SMILES string of the molecule is COCCN1CC[N+](CCOC)=C1N=[N+]=[N-].F[P-](F)(F)(F)(F)F. The van der Waals surface area contributed by atoms with Crippen LogP contribution in [-0.4, -0.2) is 69.0 Å². The molecular formula is C9H18F6N5O2P. The van der Waals surface area contributed by atoms with E-state index in [-0.39, 0.29) is 0 Å². The molecule has 0 aliphatic carbocycles. The van der Waals surface area contributed by atoms with Gasteiger partial charge in [0.1, 0.15) is 0 Å². The number of nitrogens with zero attached hydrogens (tertiary/aromatic N) is 5. The van der Waals surface area contributed by atoms with E-state index in [4.69, 9.17) is 15.0 Å². The van der Waals surface area contributed by atoms with Crippen molar-refractivity contribution in [2.75, 3.05) is 53.6 Å². The van der Waals surface area contributed by atoms with Gasteiger partial charge in [-0.25, -0.2) is 0 Å². The van der Waals surface area contributed by atoms with Crippen molar-refractivity contribution in [3.05, 3.63) is 10.4 Å². The molecule has 1 heterocycles. The van der Waals surface area contributed by atoms with Gasteiger partial charge in [-0.05, 0) is 5.53 Å². The van der Waals surface area contributed by atoms with Crippen LogP contribution in [0.2, 0.25) is 0 Å². The Balaban J connectivity index is 0.000000585. The first-order chi connectivity index (χ1) is 10.3. The summed E-state index contributed by atoms with van der Waals surface area (Å²) in [4.78, 5) is 4.88. The molecule has 0 saturated heterocycles. The van der Waals surface area contributed by atoms with Gasteiger partial charge in [-0.15, -0.1) is 0 Å². The van der Waals surface area contributed by atoms with Gasteiger partial charge >= 0.3 is 33.0 Å². The molecule has 7 nitrogen and oxygen atoms in total. The van der Waals surface area contributed by atoms with E-state index in [2.05, 4.69) is 10.0 Å². The number of hydrogen-bond acceptors (Lipinski definition) is 4. The summed E-state index contributed by atoms with van der Waals surface area (Å²) in [5, 5.41) is 3.73. The molecule has 0 fully saturated rings. The summed E-state index contributed by atoms with van der Waals surface area (Å²) in [6, 6.07) is 0. The van der Waals surface area contributed by atoms with Gasteiger partial charge in [0.05, 0.1) is 39.4 Å². The van der Waals surface area contributed by atoms with E-state index in [1.165, 1.54) is 0 Å². The van der Waals surface area contributed by atoms with Crippen molar-refractivity contribution >= 4 is 13.8 Å². The number of guanidine groups is 1. The molecule has 1 aliphatic heterocycles. The number of methoxy groups -OCH3 is 2. The first-order valence-electron chi connectivity index (χ1n) is 6.24. The molecule has 14 heteroatoms. The van der Waals surface area contributed by atoms with Crippen LogP contribution in [0.25, 0.3) is 10.4 Å². The van der Waals surface area contributed by atoms with E-state index in [0.717, 1.165) is 26.2 Å². The fourth-order valence-corrected chi connectivity index (χ4v) is 1.63. The minimum atomic E-state index is -10.7. The van der Waals surface area contributed by atoms with Gasteiger partial charge in [0.25, 0.3) is 5.96 Å². The number of rotatable bonds is 6. The summed E-state index contributed by atoms with van der Waals surface area (Å²) in [6.45, 7) is 4.47. The fourth-order valence-electron chi connectivity index (χ4n) is 1.63. The van der Waals surface area contributed by atoms with Crippen molar-refractivity contribution in [3.63, 3.8) is 0 Å². The van der Waals surface area contributed by atoms with E-state index >= 15 is 0 Å². The zero-order valence-corrected chi connectivity index (χ0v) is 13.4. The van der Waals surface area contributed by atoms with Crippen molar-refractivity contribution in [1.82, 2.24) is 4.90 Å². The second-order valence-corrected chi connectivity index (χ2v) is 6.32. The van der Waals surface area contributed by atoms with Crippen LogP contribution in [0, 0.1) is 0 Å². The van der Waals surface area contributed by atoms with E-state index in [1.54, 1.807) is 14.2 Å². The maximum absolute atomic E-state index is 10.7. The van der Waals surface area contributed by atoms with Gasteiger partial charge in [-0.3, -0.25) is 9.48 Å². The van der Waals surface area contributed by atoms with Crippen LogP contribution in [-0.2, 0) is 9.47 Å². The van der Waals surface area contributed by atoms with E-state index in [0.29, 0.717) is 19.2 Å². The molecule has 0 radical (unpaired) electrons. The van der Waals surface area contributed by atoms with Crippen molar-refractivity contribution < 1.29 is 39.2 Å². The first-order valence-corrected chi connectivity index (χ1v) is 8.27. The normalized spacial score (nSPS) is 17.8. The van der Waals surface area contributed by atoms with Gasteiger partial charge in [0.2, 0.25) is 0 Å². The molecule has 0 aromatic carbocycles. The van der Waals surface area contributed by atoms with Crippen LogP contribution in [0.4, 0.5) is 25.2 Å². The number of halogens is 6. The third-order valence-electron chi connectivity index (χ3n) is 2.47. The predicted octanol–water partition coefficient (Wildman–Crippen LogP) is 3.66. The molecule has 138 valence electrons. The molecule has 23 heavy (non-hydrogen) atoms. The number of ether oxygens (including phenoxy) is 2. The first kappa shape index (κ1) is 21.7. The zero-order valence-electron chi connectivity index (χ0n) is 12.5. The molecule has 0 amide bonds. The molecule has 1 rings (SSSR count). The summed E-state index contributed by atoms with van der Waals surface area (Å²) in [7, 11) is -7.34. The maximum atomic E-state index is 9.87. The van der Waals surface area contributed by atoms with Crippen LogP contribution in [0.3, 0.4) is 0 Å². The Morgan fingerprint density at radius 3 is 2.13 bits per heavy atom. The quantitative estimate of drug-likeness (QED) is 0.178. The Morgan fingerprint density at radius 2 is 1.70 bits per heavy atom. The second kappa shape index (κ2) is 7.52. The Labute approximate surface area is 128 Å². The minimum absolute atomic E-state index is 0.628. The molecule has 0 saturated carbocycles. The van der Waals surface area contributed by atoms with Gasteiger partial charge in [0.15, 0.2) is 0 Å². The third kappa shape index (κ3) is 14.1. The van der Waals surface area contributed by atoms with Gasteiger partial charge < -0.3 is 9.47 Å². The van der Waals surface area contributed by atoms with Crippen LogP contribution in [0.15, 0.2) is 5.11 Å². The molecule has 1 aliphatic rings. The summed E-state index contributed by atoms with van der Waals surface area (Å²) >= 11 is 0. The van der Waals surface area contributed by atoms with Crippen molar-refractivity contribution in [3.8, 4) is 0 Å². The van der Waals surface area contributed by atoms with Crippen LogP contribution >= 0.6 is 7.81 Å². The summed E-state index contributed by atoms with van der Waals surface area (Å²) in [5.41, 5.74) is 8.53. The predicted molar refractivity (Wildman–Crippen MR) is 73.0 cm³/mol. The van der Waals surface area contributed by atoms with Crippen LogP contribution in [0.5, 0.6) is 0 Å². The van der Waals surface area contributed by atoms with E-state index < -0.39 is 7.81 Å². The Kier molecular flexibility index (Phi) is 7.10. The van der Waals surface area contributed by atoms with Gasteiger partial charge in [0, 0.05) is 24.2 Å².